The molecule has 94 valence electrons. The molecule has 0 saturated heterocycles. The Morgan fingerprint density at radius 3 is 2.53 bits per heavy atom. The summed E-state index contributed by atoms with van der Waals surface area (Å²) in [5.74, 6) is 0.333. The van der Waals surface area contributed by atoms with E-state index in [1.807, 2.05) is 6.92 Å². The van der Waals surface area contributed by atoms with Gasteiger partial charge < -0.3 is 20.3 Å². The maximum Gasteiger partial charge on any atom is 0.305 e. The molecule has 0 aliphatic carbocycles. The van der Waals surface area contributed by atoms with Gasteiger partial charge in [0, 0.05) is 17.2 Å². The Hall–Kier alpha value is -1.75. The van der Waals surface area contributed by atoms with Crippen LogP contribution in [0.4, 0.5) is 0 Å². The van der Waals surface area contributed by atoms with Crippen LogP contribution < -0.4 is 15.2 Å². The summed E-state index contributed by atoms with van der Waals surface area (Å²) in [6.07, 6.45) is -0.137. The fourth-order valence-corrected chi connectivity index (χ4v) is 1.78. The highest BCUT2D eigenvalue weighted by atomic mass is 16.5. The summed E-state index contributed by atoms with van der Waals surface area (Å²) < 4.78 is 10.4. The summed E-state index contributed by atoms with van der Waals surface area (Å²) in [6, 6.07) is 2.90. The molecule has 1 rings (SSSR count). The van der Waals surface area contributed by atoms with Gasteiger partial charge in [0.05, 0.1) is 20.6 Å². The molecule has 1 aromatic carbocycles. The molecule has 5 heteroatoms. The van der Waals surface area contributed by atoms with Crippen LogP contribution in [0.3, 0.4) is 0 Å². The molecule has 0 aliphatic rings. The molecule has 17 heavy (non-hydrogen) atoms. The summed E-state index contributed by atoms with van der Waals surface area (Å²) in [5.41, 5.74) is 7.32. The Labute approximate surface area is 100 Å². The lowest BCUT2D eigenvalue weighted by Crippen LogP contribution is -2.16. The van der Waals surface area contributed by atoms with E-state index < -0.39 is 12.0 Å². The van der Waals surface area contributed by atoms with E-state index in [2.05, 4.69) is 0 Å². The van der Waals surface area contributed by atoms with Gasteiger partial charge in [-0.05, 0) is 13.0 Å². The number of rotatable bonds is 5. The van der Waals surface area contributed by atoms with Gasteiger partial charge in [-0.3, -0.25) is 4.79 Å². The molecule has 1 aromatic rings. The Bertz CT molecular complexity index is 417. The van der Waals surface area contributed by atoms with Crippen molar-refractivity contribution in [2.45, 2.75) is 19.4 Å². The molecule has 0 spiro atoms. The van der Waals surface area contributed by atoms with Gasteiger partial charge in [0.25, 0.3) is 0 Å². The molecule has 3 N–H and O–H groups in total. The third-order valence-corrected chi connectivity index (χ3v) is 2.60. The molecule has 0 unspecified atom stereocenters. The number of carbonyl (C=O) groups is 1. The van der Waals surface area contributed by atoms with Crippen molar-refractivity contribution in [2.24, 2.45) is 5.73 Å². The molecular weight excluding hydrogens is 222 g/mol. The number of hydrogen-bond acceptors (Lipinski definition) is 4. The van der Waals surface area contributed by atoms with Crippen LogP contribution in [-0.4, -0.2) is 25.3 Å². The minimum absolute atomic E-state index is 0.137. The molecule has 5 nitrogen and oxygen atoms in total. The molecule has 0 saturated carbocycles. The quantitative estimate of drug-likeness (QED) is 0.813. The molecule has 0 aliphatic heterocycles. The van der Waals surface area contributed by atoms with Crippen molar-refractivity contribution in [1.82, 2.24) is 0 Å². The fraction of sp³-hybridized carbons (Fsp3) is 0.417. The first kappa shape index (κ1) is 13.3. The van der Waals surface area contributed by atoms with Gasteiger partial charge in [0.1, 0.15) is 11.5 Å². The van der Waals surface area contributed by atoms with Crippen molar-refractivity contribution in [3.8, 4) is 11.5 Å². The second kappa shape index (κ2) is 5.54. The van der Waals surface area contributed by atoms with Crippen LogP contribution in [0.15, 0.2) is 12.1 Å². The number of methoxy groups -OCH3 is 2. The van der Waals surface area contributed by atoms with Gasteiger partial charge in [0.15, 0.2) is 0 Å². The third-order valence-electron chi connectivity index (χ3n) is 2.60. The normalized spacial score (nSPS) is 12.0. The standard InChI is InChI=1S/C12H17NO4/c1-7-10(16-2)5-4-8(12(7)17-3)9(13)6-11(14)15/h4-5,9H,6,13H2,1-3H3,(H,14,15)/t9-/m0/s1. The van der Waals surface area contributed by atoms with Crippen molar-refractivity contribution in [1.29, 1.82) is 0 Å². The highest BCUT2D eigenvalue weighted by molar-refractivity contribution is 5.68. The van der Waals surface area contributed by atoms with E-state index in [9.17, 15) is 4.79 Å². The molecule has 0 radical (unpaired) electrons. The van der Waals surface area contributed by atoms with Crippen molar-refractivity contribution in [3.05, 3.63) is 23.3 Å². The van der Waals surface area contributed by atoms with Crippen LogP contribution in [0.1, 0.15) is 23.6 Å². The maximum absolute atomic E-state index is 10.6. The number of ether oxygens (including phenoxy) is 2. The molecular formula is C12H17NO4. The average Bonchev–Trinajstić information content (AvgIpc) is 2.27. The van der Waals surface area contributed by atoms with Gasteiger partial charge in [-0.25, -0.2) is 0 Å². The number of hydrogen-bond donors (Lipinski definition) is 2. The van der Waals surface area contributed by atoms with E-state index in [1.54, 1.807) is 19.2 Å². The van der Waals surface area contributed by atoms with Crippen molar-refractivity contribution in [3.63, 3.8) is 0 Å². The van der Waals surface area contributed by atoms with Crippen molar-refractivity contribution >= 4 is 5.97 Å². The van der Waals surface area contributed by atoms with Crippen LogP contribution in [0.5, 0.6) is 11.5 Å². The Balaban J connectivity index is 3.16. The number of benzene rings is 1. The minimum atomic E-state index is -0.937. The molecule has 0 heterocycles. The summed E-state index contributed by atoms with van der Waals surface area (Å²) in [7, 11) is 3.09. The van der Waals surface area contributed by atoms with Crippen molar-refractivity contribution in [2.75, 3.05) is 14.2 Å². The second-order valence-electron chi connectivity index (χ2n) is 3.72. The predicted octanol–water partition coefficient (Wildman–Crippen LogP) is 1.49. The van der Waals surface area contributed by atoms with Crippen LogP contribution in [0.2, 0.25) is 0 Å². The van der Waals surface area contributed by atoms with Crippen molar-refractivity contribution < 1.29 is 19.4 Å². The first-order valence-electron chi connectivity index (χ1n) is 5.20. The van der Waals surface area contributed by atoms with E-state index in [0.717, 1.165) is 5.56 Å². The minimum Gasteiger partial charge on any atom is -0.496 e. The van der Waals surface area contributed by atoms with E-state index in [1.165, 1.54) is 7.11 Å². The summed E-state index contributed by atoms with van der Waals surface area (Å²) in [5, 5.41) is 8.73. The fourth-order valence-electron chi connectivity index (χ4n) is 1.78. The van der Waals surface area contributed by atoms with E-state index in [0.29, 0.717) is 17.1 Å². The molecule has 0 amide bonds. The predicted molar refractivity (Wildman–Crippen MR) is 63.5 cm³/mol. The Kier molecular flexibility index (Phi) is 4.34. The zero-order chi connectivity index (χ0) is 13.0. The van der Waals surface area contributed by atoms with Gasteiger partial charge in [-0.15, -0.1) is 0 Å². The van der Waals surface area contributed by atoms with Crippen LogP contribution in [-0.2, 0) is 4.79 Å². The summed E-state index contributed by atoms with van der Waals surface area (Å²) in [6.45, 7) is 1.84. The van der Waals surface area contributed by atoms with Crippen LogP contribution in [0, 0.1) is 6.92 Å². The highest BCUT2D eigenvalue weighted by Crippen LogP contribution is 2.34. The average molecular weight is 239 g/mol. The monoisotopic (exact) mass is 239 g/mol. The molecule has 1 atom stereocenters. The smallest absolute Gasteiger partial charge is 0.305 e. The van der Waals surface area contributed by atoms with E-state index in [4.69, 9.17) is 20.3 Å². The molecule has 0 bridgehead atoms. The zero-order valence-corrected chi connectivity index (χ0v) is 10.2. The summed E-state index contributed by atoms with van der Waals surface area (Å²) >= 11 is 0. The summed E-state index contributed by atoms with van der Waals surface area (Å²) in [4.78, 5) is 10.6. The van der Waals surface area contributed by atoms with E-state index in [-0.39, 0.29) is 6.42 Å². The first-order chi connectivity index (χ1) is 8.01. The molecule has 0 aromatic heterocycles. The Morgan fingerprint density at radius 2 is 2.06 bits per heavy atom. The van der Waals surface area contributed by atoms with E-state index >= 15 is 0 Å². The molecule has 0 fully saturated rings. The van der Waals surface area contributed by atoms with Gasteiger partial charge in [-0.2, -0.15) is 0 Å². The lowest BCUT2D eigenvalue weighted by molar-refractivity contribution is -0.137. The van der Waals surface area contributed by atoms with Gasteiger partial charge in [-0.1, -0.05) is 6.07 Å². The lowest BCUT2D eigenvalue weighted by Gasteiger charge is -2.17. The highest BCUT2D eigenvalue weighted by Gasteiger charge is 2.18. The van der Waals surface area contributed by atoms with Gasteiger partial charge in [0.2, 0.25) is 0 Å². The van der Waals surface area contributed by atoms with Crippen LogP contribution in [0.25, 0.3) is 0 Å². The van der Waals surface area contributed by atoms with Crippen LogP contribution >= 0.6 is 0 Å². The zero-order valence-electron chi connectivity index (χ0n) is 10.2. The maximum atomic E-state index is 10.6. The lowest BCUT2D eigenvalue weighted by atomic mass is 10.00. The SMILES string of the molecule is COc1ccc([C@@H](N)CC(=O)O)c(OC)c1C. The topological polar surface area (TPSA) is 81.8 Å². The number of carboxylic acids is 1. The first-order valence-corrected chi connectivity index (χ1v) is 5.20. The Morgan fingerprint density at radius 1 is 1.41 bits per heavy atom. The third kappa shape index (κ3) is 2.88. The number of carboxylic acid groups (broad SMARTS) is 1. The van der Waals surface area contributed by atoms with Gasteiger partial charge >= 0.3 is 5.97 Å². The second-order valence-corrected chi connectivity index (χ2v) is 3.72. The number of aliphatic carboxylic acids is 1. The number of nitrogens with two attached hydrogens (primary N) is 1. The largest absolute Gasteiger partial charge is 0.496 e.